The summed E-state index contributed by atoms with van der Waals surface area (Å²) in [6.07, 6.45) is 5.35. The van der Waals surface area contributed by atoms with Crippen molar-refractivity contribution in [2.24, 2.45) is 5.92 Å². The molecule has 0 aliphatic carbocycles. The summed E-state index contributed by atoms with van der Waals surface area (Å²) < 4.78 is 2.30. The summed E-state index contributed by atoms with van der Waals surface area (Å²) in [5.74, 6) is 2.02. The van der Waals surface area contributed by atoms with E-state index in [0.29, 0.717) is 5.92 Å². The Bertz CT molecular complexity index is 661. The lowest BCUT2D eigenvalue weighted by atomic mass is 9.93. The number of carbonyl (C=O) groups is 1. The number of likely N-dealkylation sites (tertiary alicyclic amines) is 1. The Hall–Kier alpha value is -1.62. The van der Waals surface area contributed by atoms with Crippen molar-refractivity contribution >= 4 is 17.2 Å². The molecular formula is C18H25N3OS. The van der Waals surface area contributed by atoms with Gasteiger partial charge in [0.05, 0.1) is 4.88 Å². The number of carbonyl (C=O) groups excluding carboxylic acids is 1. The molecule has 3 rings (SSSR count). The largest absolute Gasteiger partial charge is 0.338 e. The number of aryl methyl sites for hydroxylation is 3. The van der Waals surface area contributed by atoms with E-state index in [1.54, 1.807) is 11.3 Å². The van der Waals surface area contributed by atoms with Crippen LogP contribution in [-0.2, 0) is 6.54 Å². The third-order valence-electron chi connectivity index (χ3n) is 4.87. The van der Waals surface area contributed by atoms with E-state index in [9.17, 15) is 4.79 Å². The Morgan fingerprint density at radius 1 is 1.26 bits per heavy atom. The van der Waals surface area contributed by atoms with Gasteiger partial charge >= 0.3 is 0 Å². The fourth-order valence-corrected chi connectivity index (χ4v) is 4.20. The van der Waals surface area contributed by atoms with Gasteiger partial charge in [-0.05, 0) is 58.1 Å². The second-order valence-corrected chi connectivity index (χ2v) is 7.82. The fraction of sp³-hybridized carbons (Fsp3) is 0.556. The molecule has 1 saturated heterocycles. The highest BCUT2D eigenvalue weighted by Crippen LogP contribution is 2.25. The fourth-order valence-electron chi connectivity index (χ4n) is 3.36. The van der Waals surface area contributed by atoms with E-state index < -0.39 is 0 Å². The molecule has 0 bridgehead atoms. The summed E-state index contributed by atoms with van der Waals surface area (Å²) in [7, 11) is 0. The van der Waals surface area contributed by atoms with Gasteiger partial charge in [-0.15, -0.1) is 11.3 Å². The molecule has 0 unspecified atom stereocenters. The maximum Gasteiger partial charge on any atom is 0.263 e. The van der Waals surface area contributed by atoms with Crippen LogP contribution in [0.5, 0.6) is 0 Å². The van der Waals surface area contributed by atoms with Gasteiger partial charge in [0, 0.05) is 36.4 Å². The Kier molecular flexibility index (Phi) is 4.85. The standard InChI is InChI=1S/C18H25N3OS/c1-13-12-19-15(3)21(13)11-8-16-6-9-20(10-7-16)18(22)17-5-4-14(2)23-17/h4-5,12,16H,6-11H2,1-3H3. The number of piperidine rings is 1. The van der Waals surface area contributed by atoms with Crippen molar-refractivity contribution in [3.05, 3.63) is 39.6 Å². The summed E-state index contributed by atoms with van der Waals surface area (Å²) in [4.78, 5) is 20.9. The smallest absolute Gasteiger partial charge is 0.263 e. The molecule has 1 aliphatic heterocycles. The minimum absolute atomic E-state index is 0.211. The van der Waals surface area contributed by atoms with Crippen LogP contribution in [0.15, 0.2) is 18.3 Å². The lowest BCUT2D eigenvalue weighted by molar-refractivity contribution is 0.0689. The number of thiophene rings is 1. The van der Waals surface area contributed by atoms with Crippen LogP contribution in [0, 0.1) is 26.7 Å². The molecule has 3 heterocycles. The molecule has 0 atom stereocenters. The number of nitrogens with zero attached hydrogens (tertiary/aromatic N) is 3. The van der Waals surface area contributed by atoms with Crippen LogP contribution in [0.25, 0.3) is 0 Å². The van der Waals surface area contributed by atoms with Gasteiger partial charge in [0.15, 0.2) is 0 Å². The van der Waals surface area contributed by atoms with Crippen LogP contribution < -0.4 is 0 Å². The van der Waals surface area contributed by atoms with Crippen molar-refractivity contribution in [2.45, 2.75) is 46.6 Å². The first-order valence-corrected chi connectivity index (χ1v) is 9.20. The molecule has 2 aromatic heterocycles. The maximum atomic E-state index is 12.5. The first-order valence-electron chi connectivity index (χ1n) is 8.39. The molecule has 23 heavy (non-hydrogen) atoms. The molecule has 0 spiro atoms. The number of amides is 1. The molecule has 5 heteroatoms. The number of hydrogen-bond donors (Lipinski definition) is 0. The highest BCUT2D eigenvalue weighted by atomic mass is 32.1. The normalized spacial score (nSPS) is 16.0. The van der Waals surface area contributed by atoms with Crippen molar-refractivity contribution in [2.75, 3.05) is 13.1 Å². The van der Waals surface area contributed by atoms with Crippen LogP contribution in [-0.4, -0.2) is 33.4 Å². The molecule has 1 aliphatic rings. The van der Waals surface area contributed by atoms with Crippen molar-refractivity contribution in [3.63, 3.8) is 0 Å². The van der Waals surface area contributed by atoms with E-state index in [0.717, 1.165) is 43.2 Å². The van der Waals surface area contributed by atoms with Crippen LogP contribution in [0.4, 0.5) is 0 Å². The molecule has 0 N–H and O–H groups in total. The topological polar surface area (TPSA) is 38.1 Å². The predicted molar refractivity (Wildman–Crippen MR) is 94.0 cm³/mol. The molecule has 1 amide bonds. The van der Waals surface area contributed by atoms with Gasteiger partial charge < -0.3 is 9.47 Å². The van der Waals surface area contributed by atoms with Crippen LogP contribution in [0.1, 0.15) is 45.3 Å². The number of hydrogen-bond acceptors (Lipinski definition) is 3. The van der Waals surface area contributed by atoms with Crippen LogP contribution in [0.2, 0.25) is 0 Å². The van der Waals surface area contributed by atoms with E-state index in [2.05, 4.69) is 23.4 Å². The quantitative estimate of drug-likeness (QED) is 0.854. The van der Waals surface area contributed by atoms with Crippen molar-refractivity contribution in [1.29, 1.82) is 0 Å². The summed E-state index contributed by atoms with van der Waals surface area (Å²) >= 11 is 1.60. The lowest BCUT2D eigenvalue weighted by Crippen LogP contribution is -2.38. The second-order valence-electron chi connectivity index (χ2n) is 6.53. The third kappa shape index (κ3) is 3.66. The molecule has 0 saturated carbocycles. The summed E-state index contributed by atoms with van der Waals surface area (Å²) in [5, 5.41) is 0. The van der Waals surface area contributed by atoms with E-state index in [1.807, 2.05) is 30.2 Å². The van der Waals surface area contributed by atoms with Gasteiger partial charge in [0.2, 0.25) is 0 Å². The molecule has 0 aromatic carbocycles. The Labute approximate surface area is 142 Å². The zero-order valence-corrected chi connectivity index (χ0v) is 15.0. The van der Waals surface area contributed by atoms with Gasteiger partial charge in [-0.2, -0.15) is 0 Å². The van der Waals surface area contributed by atoms with Crippen LogP contribution in [0.3, 0.4) is 0 Å². The summed E-state index contributed by atoms with van der Waals surface area (Å²) in [6.45, 7) is 9.06. The molecular weight excluding hydrogens is 306 g/mol. The van der Waals surface area contributed by atoms with Gasteiger partial charge in [0.25, 0.3) is 5.91 Å². The number of aromatic nitrogens is 2. The lowest BCUT2D eigenvalue weighted by Gasteiger charge is -2.32. The Balaban J connectivity index is 1.50. The summed E-state index contributed by atoms with van der Waals surface area (Å²) in [5.41, 5.74) is 1.24. The summed E-state index contributed by atoms with van der Waals surface area (Å²) in [6, 6.07) is 3.99. The predicted octanol–water partition coefficient (Wildman–Crippen LogP) is 3.81. The Morgan fingerprint density at radius 2 is 2.00 bits per heavy atom. The second kappa shape index (κ2) is 6.87. The van der Waals surface area contributed by atoms with E-state index in [1.165, 1.54) is 17.0 Å². The third-order valence-corrected chi connectivity index (χ3v) is 5.86. The van der Waals surface area contributed by atoms with E-state index in [4.69, 9.17) is 0 Å². The van der Waals surface area contributed by atoms with Crippen molar-refractivity contribution < 1.29 is 4.79 Å². The van der Waals surface area contributed by atoms with Crippen LogP contribution >= 0.6 is 11.3 Å². The zero-order chi connectivity index (χ0) is 16.4. The minimum Gasteiger partial charge on any atom is -0.338 e. The van der Waals surface area contributed by atoms with Crippen molar-refractivity contribution in [1.82, 2.24) is 14.5 Å². The molecule has 4 nitrogen and oxygen atoms in total. The highest BCUT2D eigenvalue weighted by molar-refractivity contribution is 7.13. The average molecular weight is 331 g/mol. The molecule has 124 valence electrons. The monoisotopic (exact) mass is 331 g/mol. The highest BCUT2D eigenvalue weighted by Gasteiger charge is 2.24. The molecule has 2 aromatic rings. The first-order chi connectivity index (χ1) is 11.0. The Morgan fingerprint density at radius 3 is 2.57 bits per heavy atom. The van der Waals surface area contributed by atoms with Gasteiger partial charge in [-0.3, -0.25) is 4.79 Å². The number of imidazole rings is 1. The molecule has 1 fully saturated rings. The van der Waals surface area contributed by atoms with E-state index >= 15 is 0 Å². The molecule has 0 radical (unpaired) electrons. The SMILES string of the molecule is Cc1ccc(C(=O)N2CCC(CCn3c(C)cnc3C)CC2)s1. The van der Waals surface area contributed by atoms with Gasteiger partial charge in [-0.25, -0.2) is 4.98 Å². The van der Waals surface area contributed by atoms with Gasteiger partial charge in [0.1, 0.15) is 5.82 Å². The average Bonchev–Trinajstić information content (AvgIpc) is 3.12. The zero-order valence-electron chi connectivity index (χ0n) is 14.2. The first kappa shape index (κ1) is 16.2. The van der Waals surface area contributed by atoms with Gasteiger partial charge in [-0.1, -0.05) is 0 Å². The van der Waals surface area contributed by atoms with E-state index in [-0.39, 0.29) is 5.91 Å². The maximum absolute atomic E-state index is 12.5. The van der Waals surface area contributed by atoms with Crippen molar-refractivity contribution in [3.8, 4) is 0 Å². The minimum atomic E-state index is 0.211. The number of rotatable bonds is 4.